The van der Waals surface area contributed by atoms with Gasteiger partial charge in [-0.2, -0.15) is 0 Å². The second kappa shape index (κ2) is 4.92. The molecule has 1 aliphatic heterocycles. The standard InChI is InChI=1S/C13H15F2NO2/c1-8-3-2-4-16(7-8)12-10(14)5-9(13(17)18)6-11(12)15/h5-6,8H,2-4,7H2,1H3,(H,17,18). The van der Waals surface area contributed by atoms with E-state index in [1.807, 2.05) is 6.92 Å². The van der Waals surface area contributed by atoms with Crippen molar-refractivity contribution in [2.24, 2.45) is 5.92 Å². The van der Waals surface area contributed by atoms with Gasteiger partial charge in [0, 0.05) is 13.1 Å². The molecule has 1 unspecified atom stereocenters. The minimum Gasteiger partial charge on any atom is -0.478 e. The Morgan fingerprint density at radius 1 is 1.39 bits per heavy atom. The van der Waals surface area contributed by atoms with Crippen molar-refractivity contribution in [2.45, 2.75) is 19.8 Å². The molecule has 5 heteroatoms. The maximum atomic E-state index is 13.8. The van der Waals surface area contributed by atoms with E-state index in [0.717, 1.165) is 25.0 Å². The molecule has 1 fully saturated rings. The average molecular weight is 255 g/mol. The molecule has 0 aliphatic carbocycles. The number of nitrogens with zero attached hydrogens (tertiary/aromatic N) is 1. The lowest BCUT2D eigenvalue weighted by Gasteiger charge is -2.33. The number of halogens is 2. The van der Waals surface area contributed by atoms with Crippen LogP contribution in [-0.4, -0.2) is 24.2 Å². The number of rotatable bonds is 2. The van der Waals surface area contributed by atoms with Gasteiger partial charge >= 0.3 is 5.97 Å². The number of anilines is 1. The van der Waals surface area contributed by atoms with E-state index in [9.17, 15) is 13.6 Å². The van der Waals surface area contributed by atoms with Crippen LogP contribution in [0.5, 0.6) is 0 Å². The summed E-state index contributed by atoms with van der Waals surface area (Å²) in [5.74, 6) is -2.55. The van der Waals surface area contributed by atoms with E-state index in [1.165, 1.54) is 0 Å². The molecule has 98 valence electrons. The van der Waals surface area contributed by atoms with E-state index in [4.69, 9.17) is 5.11 Å². The highest BCUT2D eigenvalue weighted by molar-refractivity contribution is 5.88. The van der Waals surface area contributed by atoms with Crippen molar-refractivity contribution in [3.05, 3.63) is 29.3 Å². The molecule has 0 spiro atoms. The Bertz CT molecular complexity index is 453. The van der Waals surface area contributed by atoms with Crippen LogP contribution in [0.4, 0.5) is 14.5 Å². The number of hydrogen-bond acceptors (Lipinski definition) is 2. The molecule has 0 aromatic heterocycles. The average Bonchev–Trinajstić information content (AvgIpc) is 2.27. The second-order valence-electron chi connectivity index (χ2n) is 4.79. The number of piperidine rings is 1. The van der Waals surface area contributed by atoms with Crippen LogP contribution in [0.25, 0.3) is 0 Å². The van der Waals surface area contributed by atoms with E-state index < -0.39 is 17.6 Å². The first-order valence-electron chi connectivity index (χ1n) is 5.96. The summed E-state index contributed by atoms with van der Waals surface area (Å²) in [5.41, 5.74) is -0.467. The van der Waals surface area contributed by atoms with Crippen LogP contribution in [0.2, 0.25) is 0 Å². The monoisotopic (exact) mass is 255 g/mol. The van der Waals surface area contributed by atoms with Gasteiger partial charge in [0.1, 0.15) is 17.3 Å². The SMILES string of the molecule is CC1CCCN(c2c(F)cc(C(=O)O)cc2F)C1. The van der Waals surface area contributed by atoms with Gasteiger partial charge in [-0.1, -0.05) is 6.92 Å². The Kier molecular flexibility index (Phi) is 3.50. The van der Waals surface area contributed by atoms with E-state index in [0.29, 0.717) is 19.0 Å². The number of hydrogen-bond donors (Lipinski definition) is 1. The van der Waals surface area contributed by atoms with Crippen LogP contribution in [-0.2, 0) is 0 Å². The third-order valence-corrected chi connectivity index (χ3v) is 3.24. The summed E-state index contributed by atoms with van der Waals surface area (Å²) >= 11 is 0. The highest BCUT2D eigenvalue weighted by Gasteiger charge is 2.23. The Morgan fingerprint density at radius 3 is 2.50 bits per heavy atom. The van der Waals surface area contributed by atoms with Crippen LogP contribution < -0.4 is 4.90 Å². The fraction of sp³-hybridized carbons (Fsp3) is 0.462. The first-order chi connectivity index (χ1) is 8.49. The highest BCUT2D eigenvalue weighted by atomic mass is 19.1. The predicted molar refractivity (Wildman–Crippen MR) is 63.9 cm³/mol. The molecule has 18 heavy (non-hydrogen) atoms. The maximum absolute atomic E-state index is 13.8. The number of carboxylic acids is 1. The van der Waals surface area contributed by atoms with Crippen molar-refractivity contribution in [1.29, 1.82) is 0 Å². The van der Waals surface area contributed by atoms with Crippen molar-refractivity contribution in [3.8, 4) is 0 Å². The molecule has 0 amide bonds. The summed E-state index contributed by atoms with van der Waals surface area (Å²) in [6, 6.07) is 1.75. The van der Waals surface area contributed by atoms with Crippen LogP contribution in [0.3, 0.4) is 0 Å². The van der Waals surface area contributed by atoms with Crippen molar-refractivity contribution >= 4 is 11.7 Å². The van der Waals surface area contributed by atoms with Gasteiger partial charge in [0.25, 0.3) is 0 Å². The number of benzene rings is 1. The molecule has 1 N–H and O–H groups in total. The van der Waals surface area contributed by atoms with Crippen LogP contribution in [0, 0.1) is 17.6 Å². The Labute approximate surface area is 104 Å². The van der Waals surface area contributed by atoms with Gasteiger partial charge in [-0.05, 0) is 30.9 Å². The summed E-state index contributed by atoms with van der Waals surface area (Å²) in [6.45, 7) is 3.23. The lowest BCUT2D eigenvalue weighted by atomic mass is 9.99. The Morgan fingerprint density at radius 2 is 2.00 bits per heavy atom. The summed E-state index contributed by atoms with van der Waals surface area (Å²) in [7, 11) is 0. The first kappa shape index (κ1) is 12.8. The van der Waals surface area contributed by atoms with Gasteiger partial charge in [0.05, 0.1) is 5.56 Å². The lowest BCUT2D eigenvalue weighted by molar-refractivity contribution is 0.0695. The molecule has 1 aromatic rings. The molecule has 1 aromatic carbocycles. The molecular weight excluding hydrogens is 240 g/mol. The zero-order valence-corrected chi connectivity index (χ0v) is 10.1. The molecule has 1 saturated heterocycles. The van der Waals surface area contributed by atoms with Crippen molar-refractivity contribution in [1.82, 2.24) is 0 Å². The molecule has 1 heterocycles. The highest BCUT2D eigenvalue weighted by Crippen LogP contribution is 2.29. The zero-order valence-electron chi connectivity index (χ0n) is 10.1. The van der Waals surface area contributed by atoms with Gasteiger partial charge in [-0.3, -0.25) is 0 Å². The third kappa shape index (κ3) is 2.44. The normalized spacial score (nSPS) is 19.9. The van der Waals surface area contributed by atoms with E-state index in [2.05, 4.69) is 0 Å². The molecular formula is C13H15F2NO2. The van der Waals surface area contributed by atoms with Gasteiger partial charge in [0.15, 0.2) is 0 Å². The molecule has 0 bridgehead atoms. The minimum absolute atomic E-state index is 0.105. The van der Waals surface area contributed by atoms with Crippen LogP contribution >= 0.6 is 0 Å². The maximum Gasteiger partial charge on any atom is 0.335 e. The van der Waals surface area contributed by atoms with E-state index in [-0.39, 0.29) is 11.3 Å². The predicted octanol–water partition coefficient (Wildman–Crippen LogP) is 2.90. The van der Waals surface area contributed by atoms with Crippen molar-refractivity contribution in [2.75, 3.05) is 18.0 Å². The minimum atomic E-state index is -1.33. The quantitative estimate of drug-likeness (QED) is 0.883. The molecule has 1 aliphatic rings. The Balaban J connectivity index is 2.36. The second-order valence-corrected chi connectivity index (χ2v) is 4.79. The van der Waals surface area contributed by atoms with Crippen LogP contribution in [0.1, 0.15) is 30.1 Å². The smallest absolute Gasteiger partial charge is 0.335 e. The first-order valence-corrected chi connectivity index (χ1v) is 5.96. The zero-order chi connectivity index (χ0) is 13.3. The summed E-state index contributed by atoms with van der Waals surface area (Å²) < 4.78 is 27.7. The van der Waals surface area contributed by atoms with Crippen molar-refractivity contribution < 1.29 is 18.7 Å². The molecule has 0 radical (unpaired) electrons. The van der Waals surface area contributed by atoms with Gasteiger partial charge in [0.2, 0.25) is 0 Å². The summed E-state index contributed by atoms with van der Waals surface area (Å²) in [4.78, 5) is 12.4. The van der Waals surface area contributed by atoms with E-state index >= 15 is 0 Å². The van der Waals surface area contributed by atoms with E-state index in [1.54, 1.807) is 4.90 Å². The summed E-state index contributed by atoms with van der Waals surface area (Å²) in [5, 5.41) is 8.73. The number of carbonyl (C=O) groups is 1. The number of aromatic carboxylic acids is 1. The summed E-state index contributed by atoms with van der Waals surface area (Å²) in [6.07, 6.45) is 1.94. The number of carboxylic acid groups (broad SMARTS) is 1. The van der Waals surface area contributed by atoms with Crippen molar-refractivity contribution in [3.63, 3.8) is 0 Å². The molecule has 2 rings (SSSR count). The molecule has 3 nitrogen and oxygen atoms in total. The third-order valence-electron chi connectivity index (χ3n) is 3.24. The van der Waals surface area contributed by atoms with Gasteiger partial charge in [-0.15, -0.1) is 0 Å². The fourth-order valence-corrected chi connectivity index (χ4v) is 2.38. The lowest BCUT2D eigenvalue weighted by Crippen LogP contribution is -2.35. The molecule has 1 atom stereocenters. The van der Waals surface area contributed by atoms with Gasteiger partial charge < -0.3 is 10.0 Å². The van der Waals surface area contributed by atoms with Crippen LogP contribution in [0.15, 0.2) is 12.1 Å². The van der Waals surface area contributed by atoms with Gasteiger partial charge in [-0.25, -0.2) is 13.6 Å². The Hall–Kier alpha value is -1.65. The largest absolute Gasteiger partial charge is 0.478 e. The topological polar surface area (TPSA) is 40.5 Å². The fourth-order valence-electron chi connectivity index (χ4n) is 2.38. The molecule has 0 saturated carbocycles.